The molecule has 0 radical (unpaired) electrons. The van der Waals surface area contributed by atoms with E-state index in [-0.39, 0.29) is 28.8 Å². The van der Waals surface area contributed by atoms with E-state index in [0.29, 0.717) is 25.9 Å². The summed E-state index contributed by atoms with van der Waals surface area (Å²) < 4.78 is 26.5. The van der Waals surface area contributed by atoms with Crippen molar-refractivity contribution < 1.29 is 18.0 Å². The quantitative estimate of drug-likeness (QED) is 0.502. The summed E-state index contributed by atoms with van der Waals surface area (Å²) in [5, 5.41) is 2.75. The first-order valence-electron chi connectivity index (χ1n) is 8.20. The lowest BCUT2D eigenvalue weighted by Crippen LogP contribution is -2.30. The number of hydrogen-bond donors (Lipinski definition) is 2. The molecule has 2 N–H and O–H groups in total. The van der Waals surface area contributed by atoms with Gasteiger partial charge in [-0.05, 0) is 31.0 Å². The summed E-state index contributed by atoms with van der Waals surface area (Å²) in [5.74, 6) is -0.176. The fraction of sp³-hybridized carbons (Fsp3) is 0.412. The Labute approximate surface area is 148 Å². The molecule has 1 saturated heterocycles. The van der Waals surface area contributed by atoms with Gasteiger partial charge in [0.25, 0.3) is 5.91 Å². The third kappa shape index (κ3) is 5.40. The van der Waals surface area contributed by atoms with Crippen LogP contribution in [0.2, 0.25) is 0 Å². The lowest BCUT2D eigenvalue weighted by atomic mass is 10.2. The number of nitrogens with zero attached hydrogens (tertiary/aromatic N) is 1. The Balaban J connectivity index is 1.88. The second-order valence-corrected chi connectivity index (χ2v) is 7.53. The van der Waals surface area contributed by atoms with Crippen LogP contribution >= 0.6 is 0 Å². The van der Waals surface area contributed by atoms with Crippen molar-refractivity contribution >= 4 is 21.8 Å². The number of hydrogen-bond acceptors (Lipinski definition) is 4. The predicted molar refractivity (Wildman–Crippen MR) is 94.6 cm³/mol. The Hall–Kier alpha value is -2.19. The van der Waals surface area contributed by atoms with E-state index in [2.05, 4.69) is 16.6 Å². The molecule has 7 nitrogen and oxygen atoms in total. The first-order chi connectivity index (χ1) is 11.9. The fourth-order valence-electron chi connectivity index (χ4n) is 2.57. The topological polar surface area (TPSA) is 95.6 Å². The summed E-state index contributed by atoms with van der Waals surface area (Å²) >= 11 is 0. The third-order valence-electron chi connectivity index (χ3n) is 3.89. The number of rotatable bonds is 9. The molecule has 1 aliphatic rings. The second kappa shape index (κ2) is 8.77. The van der Waals surface area contributed by atoms with E-state index in [0.717, 1.165) is 13.0 Å². The van der Waals surface area contributed by atoms with Crippen LogP contribution in [0.5, 0.6) is 0 Å². The molecule has 0 atom stereocenters. The minimum absolute atomic E-state index is 0.0321. The average Bonchev–Trinajstić information content (AvgIpc) is 3.02. The smallest absolute Gasteiger partial charge is 0.251 e. The molecule has 1 fully saturated rings. The van der Waals surface area contributed by atoms with Crippen molar-refractivity contribution in [1.29, 1.82) is 0 Å². The molecule has 136 valence electrons. The zero-order chi connectivity index (χ0) is 18.3. The molecule has 8 heteroatoms. The number of nitrogens with one attached hydrogen (secondary N) is 2. The SMILES string of the molecule is C=CCNS(=O)(=O)c1cccc(C(=O)NCCCN2CCCC2=O)c1. The van der Waals surface area contributed by atoms with E-state index in [9.17, 15) is 18.0 Å². The zero-order valence-electron chi connectivity index (χ0n) is 14.0. The number of benzene rings is 1. The number of sulfonamides is 1. The van der Waals surface area contributed by atoms with Crippen molar-refractivity contribution in [3.8, 4) is 0 Å². The van der Waals surface area contributed by atoms with Crippen LogP contribution < -0.4 is 10.0 Å². The van der Waals surface area contributed by atoms with E-state index >= 15 is 0 Å². The molecule has 0 spiro atoms. The van der Waals surface area contributed by atoms with Gasteiger partial charge in [-0.1, -0.05) is 12.1 Å². The highest BCUT2D eigenvalue weighted by molar-refractivity contribution is 7.89. The zero-order valence-corrected chi connectivity index (χ0v) is 14.8. The van der Waals surface area contributed by atoms with Crippen LogP contribution in [-0.4, -0.2) is 51.3 Å². The van der Waals surface area contributed by atoms with Crippen LogP contribution in [-0.2, 0) is 14.8 Å². The molecule has 1 aliphatic heterocycles. The molecule has 1 heterocycles. The highest BCUT2D eigenvalue weighted by Crippen LogP contribution is 2.12. The van der Waals surface area contributed by atoms with Crippen molar-refractivity contribution in [2.75, 3.05) is 26.2 Å². The van der Waals surface area contributed by atoms with Crippen LogP contribution in [0.25, 0.3) is 0 Å². The fourth-order valence-corrected chi connectivity index (χ4v) is 3.61. The van der Waals surface area contributed by atoms with Crippen LogP contribution in [0, 0.1) is 0 Å². The molecule has 0 saturated carbocycles. The third-order valence-corrected chi connectivity index (χ3v) is 5.31. The highest BCUT2D eigenvalue weighted by Gasteiger charge is 2.19. The molecular formula is C17H23N3O4S. The lowest BCUT2D eigenvalue weighted by Gasteiger charge is -2.15. The van der Waals surface area contributed by atoms with Gasteiger partial charge in [-0.15, -0.1) is 6.58 Å². The highest BCUT2D eigenvalue weighted by atomic mass is 32.2. The van der Waals surface area contributed by atoms with Gasteiger partial charge < -0.3 is 10.2 Å². The Bertz CT molecular complexity index is 746. The maximum absolute atomic E-state index is 12.2. The van der Waals surface area contributed by atoms with Crippen molar-refractivity contribution in [3.05, 3.63) is 42.5 Å². The van der Waals surface area contributed by atoms with Crippen molar-refractivity contribution in [1.82, 2.24) is 14.9 Å². The first kappa shape index (κ1) is 19.1. The van der Waals surface area contributed by atoms with Crippen molar-refractivity contribution in [2.24, 2.45) is 0 Å². The summed E-state index contributed by atoms with van der Waals surface area (Å²) in [6.07, 6.45) is 3.61. The number of carbonyl (C=O) groups is 2. The number of amides is 2. The Kier molecular flexibility index (Phi) is 6.72. The first-order valence-corrected chi connectivity index (χ1v) is 9.69. The van der Waals surface area contributed by atoms with E-state index < -0.39 is 10.0 Å². The van der Waals surface area contributed by atoms with Crippen LogP contribution in [0.1, 0.15) is 29.6 Å². The van der Waals surface area contributed by atoms with Gasteiger partial charge >= 0.3 is 0 Å². The maximum Gasteiger partial charge on any atom is 0.251 e. The van der Waals surface area contributed by atoms with Crippen molar-refractivity contribution in [3.63, 3.8) is 0 Å². The summed E-state index contributed by atoms with van der Waals surface area (Å²) in [6.45, 7) is 5.41. The summed E-state index contributed by atoms with van der Waals surface area (Å²) in [7, 11) is -3.67. The average molecular weight is 365 g/mol. The van der Waals surface area contributed by atoms with Crippen LogP contribution in [0.15, 0.2) is 41.8 Å². The van der Waals surface area contributed by atoms with Crippen LogP contribution in [0.4, 0.5) is 0 Å². The molecule has 0 bridgehead atoms. The Morgan fingerprint density at radius 2 is 2.16 bits per heavy atom. The molecule has 1 aromatic carbocycles. The summed E-state index contributed by atoms with van der Waals surface area (Å²) in [6, 6.07) is 5.86. The van der Waals surface area contributed by atoms with E-state index in [1.807, 2.05) is 0 Å². The van der Waals surface area contributed by atoms with E-state index in [1.165, 1.54) is 24.3 Å². The van der Waals surface area contributed by atoms with Gasteiger partial charge in [0.15, 0.2) is 0 Å². The predicted octanol–water partition coefficient (Wildman–Crippen LogP) is 0.893. The summed E-state index contributed by atoms with van der Waals surface area (Å²) in [4.78, 5) is 25.5. The van der Waals surface area contributed by atoms with E-state index in [1.54, 1.807) is 11.0 Å². The summed E-state index contributed by atoms with van der Waals surface area (Å²) in [5.41, 5.74) is 0.277. The largest absolute Gasteiger partial charge is 0.352 e. The Morgan fingerprint density at radius 1 is 1.36 bits per heavy atom. The van der Waals surface area contributed by atoms with E-state index in [4.69, 9.17) is 0 Å². The van der Waals surface area contributed by atoms with Crippen LogP contribution in [0.3, 0.4) is 0 Å². The molecule has 0 aromatic heterocycles. The van der Waals surface area contributed by atoms with Gasteiger partial charge in [-0.2, -0.15) is 0 Å². The van der Waals surface area contributed by atoms with Crippen molar-refractivity contribution in [2.45, 2.75) is 24.2 Å². The van der Waals surface area contributed by atoms with Gasteiger partial charge in [0.1, 0.15) is 0 Å². The van der Waals surface area contributed by atoms with Gasteiger partial charge in [-0.25, -0.2) is 13.1 Å². The monoisotopic (exact) mass is 365 g/mol. The van der Waals surface area contributed by atoms with Gasteiger partial charge in [0, 0.05) is 38.2 Å². The molecular weight excluding hydrogens is 342 g/mol. The number of carbonyl (C=O) groups excluding carboxylic acids is 2. The molecule has 0 aliphatic carbocycles. The lowest BCUT2D eigenvalue weighted by molar-refractivity contribution is -0.127. The molecule has 2 rings (SSSR count). The number of likely N-dealkylation sites (tertiary alicyclic amines) is 1. The molecule has 0 unspecified atom stereocenters. The van der Waals surface area contributed by atoms with Gasteiger partial charge in [-0.3, -0.25) is 9.59 Å². The maximum atomic E-state index is 12.2. The molecule has 1 aromatic rings. The minimum atomic E-state index is -3.67. The second-order valence-electron chi connectivity index (χ2n) is 5.76. The van der Waals surface area contributed by atoms with Gasteiger partial charge in [0.05, 0.1) is 4.90 Å². The standard InChI is InChI=1S/C17H23N3O4S/c1-2-9-19-25(23,24)15-7-3-6-14(13-15)17(22)18-10-5-12-20-11-4-8-16(20)21/h2-3,6-7,13,19H,1,4-5,8-12H2,(H,18,22). The molecule has 25 heavy (non-hydrogen) atoms. The minimum Gasteiger partial charge on any atom is -0.352 e. The molecule has 2 amide bonds. The normalized spacial score (nSPS) is 14.6. The Morgan fingerprint density at radius 3 is 2.84 bits per heavy atom. The van der Waals surface area contributed by atoms with Gasteiger partial charge in [0.2, 0.25) is 15.9 Å².